The molecule has 2 N–H and O–H groups in total. The van der Waals surface area contributed by atoms with Crippen LogP contribution in [0.5, 0.6) is 11.8 Å². The number of aryl methyl sites for hydroxylation is 1. The van der Waals surface area contributed by atoms with Crippen LogP contribution in [0.4, 0.5) is 5.69 Å². The van der Waals surface area contributed by atoms with Crippen LogP contribution in [0.2, 0.25) is 0 Å². The molecule has 2 aromatic rings. The number of ether oxygens (including phenoxy) is 2. The van der Waals surface area contributed by atoms with Gasteiger partial charge in [0.25, 0.3) is 0 Å². The van der Waals surface area contributed by atoms with E-state index in [2.05, 4.69) is 20.6 Å². The average Bonchev–Trinajstić information content (AvgIpc) is 2.60. The van der Waals surface area contributed by atoms with E-state index in [0.717, 1.165) is 5.69 Å². The molecule has 24 heavy (non-hydrogen) atoms. The Labute approximate surface area is 139 Å². The summed E-state index contributed by atoms with van der Waals surface area (Å²) in [6.07, 6.45) is 1.52. The summed E-state index contributed by atoms with van der Waals surface area (Å²) < 4.78 is 10.2. The summed E-state index contributed by atoms with van der Waals surface area (Å²) in [6, 6.07) is 6.79. The molecule has 0 bridgehead atoms. The van der Waals surface area contributed by atoms with E-state index in [1.807, 2.05) is 6.92 Å². The lowest BCUT2D eigenvalue weighted by Crippen LogP contribution is -2.35. The summed E-state index contributed by atoms with van der Waals surface area (Å²) in [6.45, 7) is 1.95. The number of nitrogens with zero attached hydrogens (tertiary/aromatic N) is 2. The van der Waals surface area contributed by atoms with E-state index in [-0.39, 0.29) is 12.4 Å². The monoisotopic (exact) mass is 330 g/mol. The molecule has 0 aliphatic carbocycles. The molecule has 126 valence electrons. The molecule has 2 rings (SSSR count). The maximum absolute atomic E-state index is 12.0. The van der Waals surface area contributed by atoms with Gasteiger partial charge in [-0.1, -0.05) is 6.07 Å². The van der Waals surface area contributed by atoms with E-state index in [1.54, 1.807) is 24.3 Å². The van der Waals surface area contributed by atoms with Crippen LogP contribution in [0.15, 0.2) is 30.5 Å². The first-order valence-corrected chi connectivity index (χ1v) is 7.14. The molecule has 0 spiro atoms. The predicted molar refractivity (Wildman–Crippen MR) is 86.8 cm³/mol. The van der Waals surface area contributed by atoms with Crippen LogP contribution in [0.3, 0.4) is 0 Å². The fourth-order valence-corrected chi connectivity index (χ4v) is 1.96. The maximum Gasteiger partial charge on any atom is 0.313 e. The fraction of sp³-hybridized carbons (Fsp3) is 0.250. The Morgan fingerprint density at radius 1 is 1.08 bits per heavy atom. The van der Waals surface area contributed by atoms with Gasteiger partial charge in [-0.05, 0) is 25.1 Å². The van der Waals surface area contributed by atoms with Crippen molar-refractivity contribution in [3.63, 3.8) is 0 Å². The number of hydrogen-bond acceptors (Lipinski definition) is 6. The molecule has 8 heteroatoms. The van der Waals surface area contributed by atoms with Crippen molar-refractivity contribution in [1.82, 2.24) is 15.3 Å². The molecule has 0 aromatic carbocycles. The van der Waals surface area contributed by atoms with Gasteiger partial charge in [-0.25, -0.2) is 9.97 Å². The van der Waals surface area contributed by atoms with Crippen LogP contribution in [0.1, 0.15) is 11.3 Å². The first-order valence-electron chi connectivity index (χ1n) is 7.14. The number of amides is 2. The number of carbonyl (C=O) groups excluding carboxylic acids is 2. The van der Waals surface area contributed by atoms with Crippen molar-refractivity contribution >= 4 is 17.5 Å². The molecule has 0 aliphatic rings. The van der Waals surface area contributed by atoms with Crippen molar-refractivity contribution in [2.45, 2.75) is 13.5 Å². The Balaban J connectivity index is 1.98. The third-order valence-electron chi connectivity index (χ3n) is 3.13. The molecule has 8 nitrogen and oxygen atoms in total. The van der Waals surface area contributed by atoms with Gasteiger partial charge in [0.15, 0.2) is 0 Å². The zero-order valence-corrected chi connectivity index (χ0v) is 13.6. The number of pyridine rings is 2. The van der Waals surface area contributed by atoms with Crippen LogP contribution in [-0.2, 0) is 16.1 Å². The standard InChI is InChI=1S/C16H18N4O4/c1-10-6-7-11(15(19-10)23-2)9-18-13(21)14(22)20-12-5-4-8-17-16(12)24-3/h4-8H,9H2,1-3H3,(H,18,21)(H,20,22). The number of rotatable bonds is 5. The summed E-state index contributed by atoms with van der Waals surface area (Å²) in [5.74, 6) is -0.975. The molecule has 0 radical (unpaired) electrons. The summed E-state index contributed by atoms with van der Waals surface area (Å²) in [5.41, 5.74) is 1.78. The van der Waals surface area contributed by atoms with Crippen molar-refractivity contribution < 1.29 is 19.1 Å². The van der Waals surface area contributed by atoms with Crippen LogP contribution in [-0.4, -0.2) is 36.0 Å². The van der Waals surface area contributed by atoms with Crippen molar-refractivity contribution in [1.29, 1.82) is 0 Å². The Morgan fingerprint density at radius 2 is 1.83 bits per heavy atom. The van der Waals surface area contributed by atoms with Gasteiger partial charge >= 0.3 is 11.8 Å². The Morgan fingerprint density at radius 3 is 2.54 bits per heavy atom. The SMILES string of the molecule is COc1nc(C)ccc1CNC(=O)C(=O)Nc1cccnc1OC. The van der Waals surface area contributed by atoms with Gasteiger partial charge in [-0.3, -0.25) is 9.59 Å². The normalized spacial score (nSPS) is 9.96. The highest BCUT2D eigenvalue weighted by Crippen LogP contribution is 2.19. The van der Waals surface area contributed by atoms with Crippen molar-refractivity contribution in [2.75, 3.05) is 19.5 Å². The number of nitrogens with one attached hydrogen (secondary N) is 2. The second-order valence-corrected chi connectivity index (χ2v) is 4.82. The minimum Gasteiger partial charge on any atom is -0.481 e. The maximum atomic E-state index is 12.0. The number of hydrogen-bond donors (Lipinski definition) is 2. The first-order chi connectivity index (χ1) is 11.5. The van der Waals surface area contributed by atoms with Gasteiger partial charge in [0, 0.05) is 24.0 Å². The van der Waals surface area contributed by atoms with Gasteiger partial charge in [0.05, 0.1) is 14.2 Å². The van der Waals surface area contributed by atoms with Crippen LogP contribution < -0.4 is 20.1 Å². The van der Waals surface area contributed by atoms with Gasteiger partial charge in [-0.15, -0.1) is 0 Å². The van der Waals surface area contributed by atoms with Crippen LogP contribution in [0.25, 0.3) is 0 Å². The van der Waals surface area contributed by atoms with Crippen molar-refractivity contribution in [3.05, 3.63) is 41.7 Å². The highest BCUT2D eigenvalue weighted by molar-refractivity contribution is 6.39. The van der Waals surface area contributed by atoms with Crippen LogP contribution >= 0.6 is 0 Å². The Kier molecular flexibility index (Phi) is 5.67. The topological polar surface area (TPSA) is 102 Å². The van der Waals surface area contributed by atoms with E-state index in [1.165, 1.54) is 20.4 Å². The molecule has 2 aromatic heterocycles. The zero-order chi connectivity index (χ0) is 17.5. The molecule has 0 aliphatic heterocycles. The minimum absolute atomic E-state index is 0.118. The highest BCUT2D eigenvalue weighted by Gasteiger charge is 2.16. The molecule has 0 unspecified atom stereocenters. The average molecular weight is 330 g/mol. The molecular formula is C16H18N4O4. The number of anilines is 1. The summed E-state index contributed by atoms with van der Waals surface area (Å²) >= 11 is 0. The number of aromatic nitrogens is 2. The minimum atomic E-state index is -0.819. The number of carbonyl (C=O) groups is 2. The molecule has 0 atom stereocenters. The zero-order valence-electron chi connectivity index (χ0n) is 13.6. The highest BCUT2D eigenvalue weighted by atomic mass is 16.5. The lowest BCUT2D eigenvalue weighted by Gasteiger charge is -2.10. The van der Waals surface area contributed by atoms with Gasteiger partial charge in [0.2, 0.25) is 11.8 Å². The van der Waals surface area contributed by atoms with Gasteiger partial charge < -0.3 is 20.1 Å². The molecule has 2 amide bonds. The predicted octanol–water partition coefficient (Wildman–Crippen LogP) is 1.06. The van der Waals surface area contributed by atoms with E-state index in [0.29, 0.717) is 17.1 Å². The van der Waals surface area contributed by atoms with Gasteiger partial charge in [0.1, 0.15) is 5.69 Å². The quantitative estimate of drug-likeness (QED) is 0.795. The van der Waals surface area contributed by atoms with Crippen molar-refractivity contribution in [2.24, 2.45) is 0 Å². The van der Waals surface area contributed by atoms with Crippen LogP contribution in [0, 0.1) is 6.92 Å². The molecule has 0 saturated heterocycles. The van der Waals surface area contributed by atoms with E-state index < -0.39 is 11.8 Å². The van der Waals surface area contributed by atoms with E-state index in [9.17, 15) is 9.59 Å². The van der Waals surface area contributed by atoms with E-state index >= 15 is 0 Å². The lowest BCUT2D eigenvalue weighted by atomic mass is 10.2. The largest absolute Gasteiger partial charge is 0.481 e. The van der Waals surface area contributed by atoms with Gasteiger partial charge in [-0.2, -0.15) is 0 Å². The molecule has 0 fully saturated rings. The lowest BCUT2D eigenvalue weighted by molar-refractivity contribution is -0.136. The van der Waals surface area contributed by atoms with Crippen molar-refractivity contribution in [3.8, 4) is 11.8 Å². The Bertz CT molecular complexity index is 749. The number of methoxy groups -OCH3 is 2. The third kappa shape index (κ3) is 4.19. The smallest absolute Gasteiger partial charge is 0.313 e. The second-order valence-electron chi connectivity index (χ2n) is 4.82. The summed E-state index contributed by atoms with van der Waals surface area (Å²) in [5, 5.41) is 4.97. The first kappa shape index (κ1) is 17.2. The third-order valence-corrected chi connectivity index (χ3v) is 3.13. The summed E-state index contributed by atoms with van der Waals surface area (Å²) in [4.78, 5) is 32.0. The fourth-order valence-electron chi connectivity index (χ4n) is 1.96. The second kappa shape index (κ2) is 7.91. The molecular weight excluding hydrogens is 312 g/mol. The molecule has 2 heterocycles. The summed E-state index contributed by atoms with van der Waals surface area (Å²) in [7, 11) is 2.92. The molecule has 0 saturated carbocycles. The van der Waals surface area contributed by atoms with E-state index in [4.69, 9.17) is 9.47 Å². The Hall–Kier alpha value is -3.16.